The average molecular weight is 433 g/mol. The number of carbonyl (C=O) groups excluding carboxylic acids is 1. The van der Waals surface area contributed by atoms with Crippen LogP contribution >= 0.6 is 11.8 Å². The number of carbonyl (C=O) groups is 1. The van der Waals surface area contributed by atoms with Crippen LogP contribution in [0.1, 0.15) is 36.4 Å². The number of nitro benzene ring substituents is 1. The molecule has 31 heavy (non-hydrogen) atoms. The van der Waals surface area contributed by atoms with E-state index in [1.807, 2.05) is 30.3 Å². The number of para-hydroxylation sites is 1. The highest BCUT2D eigenvalue weighted by Gasteiger charge is 2.39. The van der Waals surface area contributed by atoms with Crippen molar-refractivity contribution in [2.75, 3.05) is 5.32 Å². The molecule has 0 saturated carbocycles. The molecule has 0 spiro atoms. The van der Waals surface area contributed by atoms with Crippen molar-refractivity contribution in [2.45, 2.75) is 36.2 Å². The van der Waals surface area contributed by atoms with Gasteiger partial charge in [0.1, 0.15) is 6.04 Å². The molecular formula is C22H19N5O3S. The summed E-state index contributed by atoms with van der Waals surface area (Å²) in [5.74, 6) is 1.20. The van der Waals surface area contributed by atoms with Crippen molar-refractivity contribution in [1.82, 2.24) is 14.8 Å². The molecule has 3 aromatic rings. The Hall–Kier alpha value is -3.46. The summed E-state index contributed by atoms with van der Waals surface area (Å²) in [6, 6.07) is 15.9. The number of hydrogen-bond donors (Lipinski definition) is 1. The van der Waals surface area contributed by atoms with Crippen LogP contribution in [0, 0.1) is 10.1 Å². The summed E-state index contributed by atoms with van der Waals surface area (Å²) in [7, 11) is 0. The zero-order valence-electron chi connectivity index (χ0n) is 16.5. The summed E-state index contributed by atoms with van der Waals surface area (Å²) >= 11 is 1.49. The minimum Gasteiger partial charge on any atom is -0.328 e. The first-order valence-electron chi connectivity index (χ1n) is 10.0. The molecule has 156 valence electrons. The van der Waals surface area contributed by atoms with Crippen molar-refractivity contribution in [3.63, 3.8) is 0 Å². The van der Waals surface area contributed by atoms with E-state index in [9.17, 15) is 14.9 Å². The van der Waals surface area contributed by atoms with Crippen LogP contribution in [0.15, 0.2) is 71.0 Å². The van der Waals surface area contributed by atoms with Gasteiger partial charge in [-0.05, 0) is 24.5 Å². The zero-order chi connectivity index (χ0) is 21.4. The predicted molar refractivity (Wildman–Crippen MR) is 117 cm³/mol. The number of hydrogen-bond acceptors (Lipinski definition) is 7. The van der Waals surface area contributed by atoms with Gasteiger partial charge < -0.3 is 5.32 Å². The number of rotatable bonds is 5. The van der Waals surface area contributed by atoms with E-state index in [2.05, 4.69) is 15.4 Å². The average Bonchev–Trinajstić information content (AvgIpc) is 3.19. The standard InChI is InChI=1S/C22H19N5O3S/c28-18-12-6-10-16-19(18)20(15-9-4-5-11-17(15)27(29)30)26-21(23-16)24-22(25-26)31-13-14-7-2-1-3-8-14/h1-5,7-9,11,20H,6,10,12-13H2,(H,23,24,25)/t20-/m0/s1. The van der Waals surface area contributed by atoms with Gasteiger partial charge in [0, 0.05) is 29.5 Å². The zero-order valence-corrected chi connectivity index (χ0v) is 17.3. The summed E-state index contributed by atoms with van der Waals surface area (Å²) in [5, 5.41) is 20.2. The highest BCUT2D eigenvalue weighted by atomic mass is 32.2. The third kappa shape index (κ3) is 3.61. The molecule has 1 atom stereocenters. The van der Waals surface area contributed by atoms with Crippen LogP contribution in [0.2, 0.25) is 0 Å². The van der Waals surface area contributed by atoms with Gasteiger partial charge in [0.2, 0.25) is 11.1 Å². The minimum atomic E-state index is -0.667. The molecular weight excluding hydrogens is 414 g/mol. The fourth-order valence-corrected chi connectivity index (χ4v) is 4.88. The van der Waals surface area contributed by atoms with E-state index in [4.69, 9.17) is 0 Å². The van der Waals surface area contributed by atoms with Gasteiger partial charge >= 0.3 is 0 Å². The SMILES string of the molecule is O=C1CCCC2=C1[C@H](c1ccccc1[N+](=O)[O-])n1nc(SCc3ccccc3)nc1N2. The van der Waals surface area contributed by atoms with E-state index < -0.39 is 11.0 Å². The number of allylic oxidation sites excluding steroid dienone is 2. The summed E-state index contributed by atoms with van der Waals surface area (Å²) in [6.45, 7) is 0. The van der Waals surface area contributed by atoms with E-state index in [1.54, 1.807) is 22.9 Å². The molecule has 0 amide bonds. The van der Waals surface area contributed by atoms with Crippen molar-refractivity contribution < 1.29 is 9.72 Å². The van der Waals surface area contributed by atoms with Gasteiger partial charge in [-0.25, -0.2) is 4.68 Å². The fraction of sp³-hybridized carbons (Fsp3) is 0.227. The molecule has 1 aromatic heterocycles. The van der Waals surface area contributed by atoms with Crippen molar-refractivity contribution in [1.29, 1.82) is 0 Å². The first kappa shape index (κ1) is 19.5. The Bertz CT molecular complexity index is 1200. The number of fused-ring (bicyclic) bond motifs is 1. The van der Waals surface area contributed by atoms with Gasteiger partial charge in [0.05, 0.1) is 10.5 Å². The number of nitrogens with zero attached hydrogens (tertiary/aromatic N) is 4. The molecule has 0 radical (unpaired) electrons. The largest absolute Gasteiger partial charge is 0.328 e. The minimum absolute atomic E-state index is 0.00320. The lowest BCUT2D eigenvalue weighted by Crippen LogP contribution is -2.31. The number of benzene rings is 2. The molecule has 2 aromatic carbocycles. The molecule has 2 heterocycles. The third-order valence-electron chi connectivity index (χ3n) is 5.49. The number of aromatic nitrogens is 3. The Balaban J connectivity index is 1.57. The lowest BCUT2D eigenvalue weighted by atomic mass is 9.85. The van der Waals surface area contributed by atoms with E-state index in [-0.39, 0.29) is 11.5 Å². The monoisotopic (exact) mass is 433 g/mol. The fourth-order valence-electron chi connectivity index (χ4n) is 4.09. The van der Waals surface area contributed by atoms with Crippen LogP contribution in [0.5, 0.6) is 0 Å². The Kier molecular flexibility index (Phi) is 5.03. The van der Waals surface area contributed by atoms with Crippen LogP contribution in [0.3, 0.4) is 0 Å². The highest BCUT2D eigenvalue weighted by Crippen LogP contribution is 2.43. The maximum atomic E-state index is 12.9. The van der Waals surface area contributed by atoms with Gasteiger partial charge in [-0.1, -0.05) is 54.2 Å². The van der Waals surface area contributed by atoms with E-state index in [0.29, 0.717) is 40.8 Å². The Morgan fingerprint density at radius 2 is 1.90 bits per heavy atom. The van der Waals surface area contributed by atoms with Gasteiger partial charge in [-0.3, -0.25) is 14.9 Å². The van der Waals surface area contributed by atoms with Crippen LogP contribution < -0.4 is 5.32 Å². The summed E-state index contributed by atoms with van der Waals surface area (Å²) < 4.78 is 1.62. The van der Waals surface area contributed by atoms with Crippen LogP contribution in [-0.2, 0) is 10.5 Å². The maximum absolute atomic E-state index is 12.9. The summed E-state index contributed by atoms with van der Waals surface area (Å²) in [5.41, 5.74) is 2.91. The first-order valence-corrected chi connectivity index (χ1v) is 11.0. The molecule has 0 fully saturated rings. The number of nitro groups is 1. The van der Waals surface area contributed by atoms with Crippen LogP contribution in [-0.4, -0.2) is 25.5 Å². The number of anilines is 1. The van der Waals surface area contributed by atoms with Gasteiger partial charge in [-0.15, -0.1) is 5.10 Å². The molecule has 1 aliphatic carbocycles. The number of Topliss-reactive ketones (excluding diaryl/α,β-unsaturated/α-hetero) is 1. The van der Waals surface area contributed by atoms with E-state index >= 15 is 0 Å². The smallest absolute Gasteiger partial charge is 0.275 e. The highest BCUT2D eigenvalue weighted by molar-refractivity contribution is 7.98. The third-order valence-corrected chi connectivity index (χ3v) is 6.40. The van der Waals surface area contributed by atoms with Gasteiger partial charge in [0.25, 0.3) is 5.69 Å². The number of nitrogens with one attached hydrogen (secondary N) is 1. The lowest BCUT2D eigenvalue weighted by molar-refractivity contribution is -0.385. The second-order valence-corrected chi connectivity index (χ2v) is 8.39. The summed E-state index contributed by atoms with van der Waals surface area (Å²) in [6.07, 6.45) is 1.88. The lowest BCUT2D eigenvalue weighted by Gasteiger charge is -2.31. The molecule has 0 bridgehead atoms. The van der Waals surface area contributed by atoms with Gasteiger partial charge in [-0.2, -0.15) is 4.98 Å². The normalized spacial score (nSPS) is 17.7. The molecule has 1 N–H and O–H groups in total. The Morgan fingerprint density at radius 1 is 1.13 bits per heavy atom. The molecule has 9 heteroatoms. The summed E-state index contributed by atoms with van der Waals surface area (Å²) in [4.78, 5) is 28.8. The predicted octanol–water partition coefficient (Wildman–Crippen LogP) is 4.50. The number of ketones is 1. The first-order chi connectivity index (χ1) is 15.1. The van der Waals surface area contributed by atoms with Crippen LogP contribution in [0.4, 0.5) is 11.6 Å². The van der Waals surface area contributed by atoms with Gasteiger partial charge in [0.15, 0.2) is 5.78 Å². The second kappa shape index (κ2) is 7.99. The Morgan fingerprint density at radius 3 is 2.71 bits per heavy atom. The van der Waals surface area contributed by atoms with Crippen molar-refractivity contribution in [3.8, 4) is 0 Å². The van der Waals surface area contributed by atoms with Crippen LogP contribution in [0.25, 0.3) is 0 Å². The van der Waals surface area contributed by atoms with E-state index in [0.717, 1.165) is 17.7 Å². The molecule has 8 nitrogen and oxygen atoms in total. The van der Waals surface area contributed by atoms with Crippen molar-refractivity contribution >= 4 is 29.2 Å². The molecule has 0 saturated heterocycles. The van der Waals surface area contributed by atoms with Crippen molar-refractivity contribution in [3.05, 3.63) is 87.1 Å². The maximum Gasteiger partial charge on any atom is 0.275 e. The molecule has 0 unspecified atom stereocenters. The molecule has 5 rings (SSSR count). The molecule has 1 aliphatic heterocycles. The topological polar surface area (TPSA) is 103 Å². The van der Waals surface area contributed by atoms with Crippen molar-refractivity contribution in [2.24, 2.45) is 0 Å². The second-order valence-electron chi connectivity index (χ2n) is 7.45. The Labute approximate surface area is 182 Å². The van der Waals surface area contributed by atoms with E-state index in [1.165, 1.54) is 17.8 Å². The molecule has 2 aliphatic rings. The quantitative estimate of drug-likeness (QED) is 0.359. The number of thioether (sulfide) groups is 1.